The van der Waals surface area contributed by atoms with E-state index in [4.69, 9.17) is 22.0 Å². The molecular weight excluding hydrogens is 230 g/mol. The summed E-state index contributed by atoms with van der Waals surface area (Å²) in [6, 6.07) is 6.47. The van der Waals surface area contributed by atoms with Gasteiger partial charge in [0.2, 0.25) is 0 Å². The van der Waals surface area contributed by atoms with Gasteiger partial charge in [-0.25, -0.2) is 4.79 Å². The molecule has 0 aliphatic carbocycles. The molecule has 0 heterocycles. The second-order valence-electron chi connectivity index (χ2n) is 3.25. The third-order valence-electron chi connectivity index (χ3n) is 2.13. The number of benzene rings is 1. The molecule has 0 fully saturated rings. The molecule has 0 saturated carbocycles. The van der Waals surface area contributed by atoms with Crippen LogP contribution in [0.25, 0.3) is 0 Å². The number of aliphatic carboxylic acids is 1. The summed E-state index contributed by atoms with van der Waals surface area (Å²) < 4.78 is 0. The average molecular weight is 240 g/mol. The van der Waals surface area contributed by atoms with E-state index in [2.05, 4.69) is 0 Å². The van der Waals surface area contributed by atoms with E-state index in [1.807, 2.05) is 6.07 Å². The lowest BCUT2D eigenvalue weighted by Crippen LogP contribution is -2.10. The first-order valence-electron chi connectivity index (χ1n) is 4.62. The minimum Gasteiger partial charge on any atom is -0.479 e. The zero-order valence-electron chi connectivity index (χ0n) is 8.35. The number of hydrogen-bond donors (Lipinski definition) is 2. The molecule has 84 valence electrons. The normalized spacial score (nSPS) is 11.8. The molecule has 5 heteroatoms. The molecule has 0 aliphatic rings. The summed E-state index contributed by atoms with van der Waals surface area (Å²) in [6.45, 7) is 0. The van der Waals surface area contributed by atoms with Crippen LogP contribution < -0.4 is 0 Å². The Morgan fingerprint density at radius 2 is 2.25 bits per heavy atom. The van der Waals surface area contributed by atoms with Gasteiger partial charge in [-0.3, -0.25) is 0 Å². The highest BCUT2D eigenvalue weighted by molar-refractivity contribution is 6.31. The Bertz CT molecular complexity index is 439. The molecule has 1 unspecified atom stereocenters. The van der Waals surface area contributed by atoms with Crippen LogP contribution in [-0.4, -0.2) is 16.2 Å². The zero-order chi connectivity index (χ0) is 12.1. The van der Waals surface area contributed by atoms with Crippen LogP contribution in [0.5, 0.6) is 0 Å². The van der Waals surface area contributed by atoms with Crippen LogP contribution in [0.15, 0.2) is 18.2 Å². The number of carboxylic acid groups (broad SMARTS) is 1. The van der Waals surface area contributed by atoms with Gasteiger partial charge in [0.25, 0.3) is 0 Å². The molecule has 1 atom stereocenters. The molecule has 1 aromatic rings. The summed E-state index contributed by atoms with van der Waals surface area (Å²) in [6.07, 6.45) is -0.819. The average Bonchev–Trinajstić information content (AvgIpc) is 2.27. The van der Waals surface area contributed by atoms with Gasteiger partial charge in [0, 0.05) is 11.4 Å². The Morgan fingerprint density at radius 3 is 2.81 bits per heavy atom. The Morgan fingerprint density at radius 1 is 1.56 bits per heavy atom. The molecule has 0 spiro atoms. The maximum atomic E-state index is 10.6. The van der Waals surface area contributed by atoms with Crippen LogP contribution in [0.3, 0.4) is 0 Å². The first-order chi connectivity index (χ1) is 7.56. The summed E-state index contributed by atoms with van der Waals surface area (Å²) >= 11 is 5.88. The monoisotopic (exact) mass is 239 g/mol. The minimum atomic E-state index is -1.56. The van der Waals surface area contributed by atoms with Crippen molar-refractivity contribution < 1.29 is 15.0 Å². The lowest BCUT2D eigenvalue weighted by Gasteiger charge is -2.09. The standard InChI is InChI=1S/C11H10ClNO3/c12-9-4-3-8(10(14)11(15)16)6-7(9)2-1-5-13/h3-4,6,10,14H,1-2H2,(H,15,16). The van der Waals surface area contributed by atoms with Crippen LogP contribution in [0.4, 0.5) is 0 Å². The van der Waals surface area contributed by atoms with Crippen molar-refractivity contribution >= 4 is 17.6 Å². The first kappa shape index (κ1) is 12.5. The number of rotatable bonds is 4. The fraction of sp³-hybridized carbons (Fsp3) is 0.273. The van der Waals surface area contributed by atoms with Gasteiger partial charge in [-0.15, -0.1) is 0 Å². The fourth-order valence-electron chi connectivity index (χ4n) is 1.29. The smallest absolute Gasteiger partial charge is 0.337 e. The lowest BCUT2D eigenvalue weighted by molar-refractivity contribution is -0.146. The first-order valence-corrected chi connectivity index (χ1v) is 5.00. The minimum absolute atomic E-state index is 0.268. The number of halogens is 1. The Hall–Kier alpha value is -1.57. The van der Waals surface area contributed by atoms with Crippen molar-refractivity contribution in [3.63, 3.8) is 0 Å². The molecule has 2 N–H and O–H groups in total. The summed E-state index contributed by atoms with van der Waals surface area (Å²) in [5.74, 6) is -1.31. The van der Waals surface area contributed by atoms with Crippen molar-refractivity contribution in [2.45, 2.75) is 18.9 Å². The van der Waals surface area contributed by atoms with Crippen LogP contribution in [-0.2, 0) is 11.2 Å². The van der Waals surface area contributed by atoms with Crippen LogP contribution >= 0.6 is 11.6 Å². The van der Waals surface area contributed by atoms with E-state index >= 15 is 0 Å². The summed E-state index contributed by atoms with van der Waals surface area (Å²) in [7, 11) is 0. The molecule has 0 radical (unpaired) electrons. The van der Waals surface area contributed by atoms with Gasteiger partial charge >= 0.3 is 5.97 Å². The van der Waals surface area contributed by atoms with Gasteiger partial charge in [0.05, 0.1) is 6.07 Å². The summed E-state index contributed by atoms with van der Waals surface area (Å²) in [5, 5.41) is 26.9. The SMILES string of the molecule is N#CCCc1cc(C(O)C(=O)O)ccc1Cl. The summed E-state index contributed by atoms with van der Waals surface area (Å²) in [5.41, 5.74) is 0.936. The molecule has 0 bridgehead atoms. The number of hydrogen-bond acceptors (Lipinski definition) is 3. The van der Waals surface area contributed by atoms with E-state index in [0.717, 1.165) is 0 Å². The van der Waals surface area contributed by atoms with Crippen molar-refractivity contribution in [3.05, 3.63) is 34.3 Å². The van der Waals surface area contributed by atoms with Gasteiger partial charge < -0.3 is 10.2 Å². The number of aliphatic hydroxyl groups excluding tert-OH is 1. The largest absolute Gasteiger partial charge is 0.479 e. The highest BCUT2D eigenvalue weighted by atomic mass is 35.5. The van der Waals surface area contributed by atoms with Crippen LogP contribution in [0.2, 0.25) is 5.02 Å². The topological polar surface area (TPSA) is 81.3 Å². The second kappa shape index (κ2) is 5.50. The molecule has 0 saturated heterocycles. The predicted octanol–water partition coefficient (Wildman–Crippen LogP) is 1.91. The molecule has 0 aromatic heterocycles. The molecule has 0 amide bonds. The van der Waals surface area contributed by atoms with E-state index in [-0.39, 0.29) is 5.56 Å². The molecule has 1 rings (SSSR count). The third kappa shape index (κ3) is 2.96. The number of carbonyl (C=O) groups is 1. The van der Waals surface area contributed by atoms with E-state index < -0.39 is 12.1 Å². The van der Waals surface area contributed by atoms with Crippen molar-refractivity contribution in [1.29, 1.82) is 5.26 Å². The van der Waals surface area contributed by atoms with Crippen molar-refractivity contribution in [1.82, 2.24) is 0 Å². The van der Waals surface area contributed by atoms with Gasteiger partial charge in [-0.2, -0.15) is 5.26 Å². The maximum Gasteiger partial charge on any atom is 0.337 e. The Balaban J connectivity index is 2.98. The van der Waals surface area contributed by atoms with Crippen molar-refractivity contribution in [2.24, 2.45) is 0 Å². The number of nitriles is 1. The molecule has 1 aromatic carbocycles. The maximum absolute atomic E-state index is 10.6. The zero-order valence-corrected chi connectivity index (χ0v) is 9.11. The van der Waals surface area contributed by atoms with E-state index in [9.17, 15) is 9.90 Å². The van der Waals surface area contributed by atoms with Gasteiger partial charge in [0.1, 0.15) is 0 Å². The van der Waals surface area contributed by atoms with Crippen molar-refractivity contribution in [3.8, 4) is 6.07 Å². The fourth-order valence-corrected chi connectivity index (χ4v) is 1.50. The van der Waals surface area contributed by atoms with Crippen LogP contribution in [0.1, 0.15) is 23.7 Å². The number of nitrogens with zero attached hydrogens (tertiary/aromatic N) is 1. The van der Waals surface area contributed by atoms with E-state index in [1.54, 1.807) is 0 Å². The Kier molecular flexibility index (Phi) is 4.29. The quantitative estimate of drug-likeness (QED) is 0.841. The van der Waals surface area contributed by atoms with Crippen LogP contribution in [0, 0.1) is 11.3 Å². The summed E-state index contributed by atoms with van der Waals surface area (Å²) in [4.78, 5) is 10.6. The van der Waals surface area contributed by atoms with Gasteiger partial charge in [-0.1, -0.05) is 23.7 Å². The second-order valence-corrected chi connectivity index (χ2v) is 3.66. The van der Waals surface area contributed by atoms with Crippen molar-refractivity contribution in [2.75, 3.05) is 0 Å². The molecular formula is C11H10ClNO3. The molecule has 16 heavy (non-hydrogen) atoms. The number of aryl methyl sites for hydroxylation is 1. The number of carboxylic acids is 1. The molecule has 4 nitrogen and oxygen atoms in total. The van der Waals surface area contributed by atoms with Gasteiger partial charge in [-0.05, 0) is 23.6 Å². The highest BCUT2D eigenvalue weighted by Crippen LogP contribution is 2.22. The predicted molar refractivity (Wildman–Crippen MR) is 58.0 cm³/mol. The highest BCUT2D eigenvalue weighted by Gasteiger charge is 2.16. The third-order valence-corrected chi connectivity index (χ3v) is 2.49. The molecule has 0 aliphatic heterocycles. The van der Waals surface area contributed by atoms with E-state index in [0.29, 0.717) is 23.4 Å². The number of aliphatic hydroxyl groups is 1. The van der Waals surface area contributed by atoms with Gasteiger partial charge in [0.15, 0.2) is 6.10 Å². The Labute approximate surface area is 97.7 Å². The van der Waals surface area contributed by atoms with E-state index in [1.165, 1.54) is 18.2 Å². The lowest BCUT2D eigenvalue weighted by atomic mass is 10.0.